The Labute approximate surface area is 100 Å². The van der Waals surface area contributed by atoms with Crippen LogP contribution in [0.2, 0.25) is 0 Å². The first kappa shape index (κ1) is 13.7. The topological polar surface area (TPSA) is 21.3 Å². The van der Waals surface area contributed by atoms with Crippen LogP contribution >= 0.6 is 0 Å². The summed E-state index contributed by atoms with van der Waals surface area (Å²) < 4.78 is 5.88. The van der Waals surface area contributed by atoms with Crippen molar-refractivity contribution in [1.82, 2.24) is 5.32 Å². The lowest BCUT2D eigenvalue weighted by atomic mass is 9.74. The number of allylic oxidation sites excluding steroid dienone is 1. The molecular weight excluding hydrogens is 198 g/mol. The van der Waals surface area contributed by atoms with E-state index in [0.29, 0.717) is 6.04 Å². The lowest BCUT2D eigenvalue weighted by molar-refractivity contribution is -0.0747. The Morgan fingerprint density at radius 3 is 2.56 bits per heavy atom. The summed E-state index contributed by atoms with van der Waals surface area (Å²) in [5.41, 5.74) is 0.0598. The largest absolute Gasteiger partial charge is 0.377 e. The van der Waals surface area contributed by atoms with Crippen LogP contribution in [0.5, 0.6) is 0 Å². The van der Waals surface area contributed by atoms with Gasteiger partial charge in [0.15, 0.2) is 0 Å². The predicted molar refractivity (Wildman–Crippen MR) is 69.7 cm³/mol. The van der Waals surface area contributed by atoms with Crippen LogP contribution < -0.4 is 5.32 Å². The van der Waals surface area contributed by atoms with Crippen LogP contribution in [0.1, 0.15) is 45.4 Å². The Hall–Kier alpha value is -0.340. The Morgan fingerprint density at radius 1 is 1.50 bits per heavy atom. The zero-order valence-corrected chi connectivity index (χ0v) is 11.1. The van der Waals surface area contributed by atoms with Crippen molar-refractivity contribution in [2.75, 3.05) is 14.2 Å². The number of rotatable bonds is 6. The first-order valence-corrected chi connectivity index (χ1v) is 6.52. The number of hydrogen-bond acceptors (Lipinski definition) is 2. The Balaban J connectivity index is 2.64. The highest BCUT2D eigenvalue weighted by molar-refractivity contribution is 4.96. The molecule has 0 aromatic carbocycles. The molecule has 16 heavy (non-hydrogen) atoms. The van der Waals surface area contributed by atoms with Crippen molar-refractivity contribution in [3.63, 3.8) is 0 Å². The molecule has 0 radical (unpaired) electrons. The maximum absolute atomic E-state index is 5.88. The zero-order chi connectivity index (χ0) is 12.0. The summed E-state index contributed by atoms with van der Waals surface area (Å²) in [6, 6.07) is 0.461. The van der Waals surface area contributed by atoms with Crippen LogP contribution in [-0.2, 0) is 4.74 Å². The van der Waals surface area contributed by atoms with Gasteiger partial charge in [-0.05, 0) is 51.5 Å². The smallest absolute Gasteiger partial charge is 0.0831 e. The molecular formula is C14H27NO. The normalized spacial score (nSPS) is 32.3. The van der Waals surface area contributed by atoms with Gasteiger partial charge < -0.3 is 10.1 Å². The zero-order valence-electron chi connectivity index (χ0n) is 11.1. The Bertz CT molecular complexity index is 207. The van der Waals surface area contributed by atoms with Crippen LogP contribution in [0.3, 0.4) is 0 Å². The molecule has 0 amide bonds. The fourth-order valence-corrected chi connectivity index (χ4v) is 2.90. The first-order chi connectivity index (χ1) is 7.68. The van der Waals surface area contributed by atoms with Gasteiger partial charge in [-0.1, -0.05) is 13.0 Å². The molecule has 94 valence electrons. The number of nitrogens with one attached hydrogen (secondary N) is 1. The lowest BCUT2D eigenvalue weighted by Gasteiger charge is -2.44. The van der Waals surface area contributed by atoms with Gasteiger partial charge in [0.05, 0.1) is 5.60 Å². The van der Waals surface area contributed by atoms with Crippen LogP contribution in [0.4, 0.5) is 0 Å². The van der Waals surface area contributed by atoms with E-state index in [-0.39, 0.29) is 5.60 Å². The molecule has 1 aliphatic rings. The van der Waals surface area contributed by atoms with Gasteiger partial charge >= 0.3 is 0 Å². The Kier molecular flexibility index (Phi) is 5.50. The highest BCUT2D eigenvalue weighted by Gasteiger charge is 2.40. The van der Waals surface area contributed by atoms with Crippen molar-refractivity contribution in [2.45, 2.75) is 57.1 Å². The molecule has 1 fully saturated rings. The number of ether oxygens (including phenoxy) is 1. The fourth-order valence-electron chi connectivity index (χ4n) is 2.90. The summed E-state index contributed by atoms with van der Waals surface area (Å²) in [5.74, 6) is 0.861. The van der Waals surface area contributed by atoms with Crippen molar-refractivity contribution in [3.8, 4) is 0 Å². The second-order valence-electron chi connectivity index (χ2n) is 5.16. The van der Waals surface area contributed by atoms with E-state index < -0.39 is 0 Å². The van der Waals surface area contributed by atoms with E-state index in [0.717, 1.165) is 18.8 Å². The summed E-state index contributed by atoms with van der Waals surface area (Å²) in [4.78, 5) is 0. The standard InChI is InChI=1S/C14H27NO/c1-5-6-7-13(15-3)14(16-4)10-8-12(2)9-11-14/h5,12-13,15H,1,6-11H2,2-4H3. The average Bonchev–Trinajstić information content (AvgIpc) is 2.32. The summed E-state index contributed by atoms with van der Waals surface area (Å²) in [7, 11) is 3.92. The van der Waals surface area contributed by atoms with E-state index in [4.69, 9.17) is 4.74 Å². The molecule has 0 spiro atoms. The molecule has 0 aromatic heterocycles. The van der Waals surface area contributed by atoms with E-state index in [1.807, 2.05) is 20.2 Å². The van der Waals surface area contributed by atoms with E-state index in [1.54, 1.807) is 0 Å². The quantitative estimate of drug-likeness (QED) is 0.701. The third-order valence-corrected chi connectivity index (χ3v) is 4.17. The molecule has 2 nitrogen and oxygen atoms in total. The maximum Gasteiger partial charge on any atom is 0.0831 e. The van der Waals surface area contributed by atoms with Crippen molar-refractivity contribution < 1.29 is 4.74 Å². The van der Waals surface area contributed by atoms with Gasteiger partial charge in [0.1, 0.15) is 0 Å². The summed E-state index contributed by atoms with van der Waals surface area (Å²) in [6.45, 7) is 6.15. The Morgan fingerprint density at radius 2 is 2.12 bits per heavy atom. The lowest BCUT2D eigenvalue weighted by Crippen LogP contribution is -2.52. The predicted octanol–water partition coefficient (Wildman–Crippen LogP) is 3.14. The molecule has 0 heterocycles. The van der Waals surface area contributed by atoms with Gasteiger partial charge in [-0.2, -0.15) is 0 Å². The van der Waals surface area contributed by atoms with Crippen LogP contribution in [0.15, 0.2) is 12.7 Å². The van der Waals surface area contributed by atoms with Gasteiger partial charge in [0.2, 0.25) is 0 Å². The average molecular weight is 225 g/mol. The molecule has 1 N–H and O–H groups in total. The third-order valence-electron chi connectivity index (χ3n) is 4.17. The van der Waals surface area contributed by atoms with Gasteiger partial charge in [-0.3, -0.25) is 0 Å². The highest BCUT2D eigenvalue weighted by atomic mass is 16.5. The number of methoxy groups -OCH3 is 1. The molecule has 0 aliphatic heterocycles. The minimum atomic E-state index is 0.0598. The molecule has 1 rings (SSSR count). The minimum Gasteiger partial charge on any atom is -0.377 e. The molecule has 2 heteroatoms. The van der Waals surface area contributed by atoms with Crippen molar-refractivity contribution in [3.05, 3.63) is 12.7 Å². The highest BCUT2D eigenvalue weighted by Crippen LogP contribution is 2.38. The molecule has 1 unspecified atom stereocenters. The van der Waals surface area contributed by atoms with Gasteiger partial charge in [0, 0.05) is 13.2 Å². The molecule has 1 aliphatic carbocycles. The van der Waals surface area contributed by atoms with E-state index in [2.05, 4.69) is 18.8 Å². The minimum absolute atomic E-state index is 0.0598. The van der Waals surface area contributed by atoms with E-state index >= 15 is 0 Å². The summed E-state index contributed by atoms with van der Waals surface area (Å²) in [5, 5.41) is 3.44. The van der Waals surface area contributed by atoms with E-state index in [1.165, 1.54) is 25.7 Å². The number of hydrogen-bond donors (Lipinski definition) is 1. The third kappa shape index (κ3) is 3.08. The van der Waals surface area contributed by atoms with Crippen molar-refractivity contribution in [1.29, 1.82) is 0 Å². The summed E-state index contributed by atoms with van der Waals surface area (Å²) in [6.07, 6.45) is 9.15. The van der Waals surface area contributed by atoms with Gasteiger partial charge in [0.25, 0.3) is 0 Å². The van der Waals surface area contributed by atoms with Crippen LogP contribution in [0, 0.1) is 5.92 Å². The van der Waals surface area contributed by atoms with Crippen LogP contribution in [-0.4, -0.2) is 25.8 Å². The summed E-state index contributed by atoms with van der Waals surface area (Å²) >= 11 is 0. The maximum atomic E-state index is 5.88. The fraction of sp³-hybridized carbons (Fsp3) is 0.857. The second kappa shape index (κ2) is 6.41. The van der Waals surface area contributed by atoms with Crippen molar-refractivity contribution >= 4 is 0 Å². The molecule has 1 atom stereocenters. The molecule has 0 bridgehead atoms. The van der Waals surface area contributed by atoms with Crippen molar-refractivity contribution in [2.24, 2.45) is 5.92 Å². The van der Waals surface area contributed by atoms with Gasteiger partial charge in [-0.25, -0.2) is 0 Å². The first-order valence-electron chi connectivity index (χ1n) is 6.52. The number of likely N-dealkylation sites (N-methyl/N-ethyl adjacent to an activating group) is 1. The molecule has 0 aromatic rings. The van der Waals surface area contributed by atoms with Gasteiger partial charge in [-0.15, -0.1) is 6.58 Å². The van der Waals surface area contributed by atoms with E-state index in [9.17, 15) is 0 Å². The molecule has 0 saturated heterocycles. The second-order valence-corrected chi connectivity index (χ2v) is 5.16. The monoisotopic (exact) mass is 225 g/mol. The van der Waals surface area contributed by atoms with Crippen LogP contribution in [0.25, 0.3) is 0 Å². The molecule has 1 saturated carbocycles. The SMILES string of the molecule is C=CCCC(NC)C1(OC)CCC(C)CC1.